The predicted octanol–water partition coefficient (Wildman–Crippen LogP) is 1.92. The van der Waals surface area contributed by atoms with Crippen LogP contribution in [0.25, 0.3) is 0 Å². The molecule has 1 aliphatic rings. The number of hydrogen-bond acceptors (Lipinski definition) is 7. The number of methoxy groups -OCH3 is 3. The van der Waals surface area contributed by atoms with Crippen LogP contribution in [0.2, 0.25) is 0 Å². The van der Waals surface area contributed by atoms with Crippen molar-refractivity contribution < 1.29 is 33.3 Å². The van der Waals surface area contributed by atoms with E-state index in [2.05, 4.69) is 10.6 Å². The van der Waals surface area contributed by atoms with E-state index in [9.17, 15) is 9.59 Å². The van der Waals surface area contributed by atoms with Crippen molar-refractivity contribution in [3.8, 4) is 17.2 Å². The second-order valence-corrected chi connectivity index (χ2v) is 5.86. The Hall–Kier alpha value is -2.94. The van der Waals surface area contributed by atoms with Crippen molar-refractivity contribution in [2.75, 3.05) is 41.2 Å². The van der Waals surface area contributed by atoms with Gasteiger partial charge in [0.1, 0.15) is 6.61 Å². The van der Waals surface area contributed by atoms with Gasteiger partial charge in [-0.15, -0.1) is 0 Å². The molecule has 1 unspecified atom stereocenters. The van der Waals surface area contributed by atoms with Crippen molar-refractivity contribution in [2.45, 2.75) is 19.9 Å². The minimum Gasteiger partial charge on any atom is -0.493 e. The minimum atomic E-state index is -0.748. The molecule has 28 heavy (non-hydrogen) atoms. The lowest BCUT2D eigenvalue weighted by molar-refractivity contribution is -0.141. The highest BCUT2D eigenvalue weighted by Gasteiger charge is 2.33. The maximum absolute atomic E-state index is 12.7. The first-order valence-electron chi connectivity index (χ1n) is 8.79. The molecule has 1 aromatic rings. The van der Waals surface area contributed by atoms with Crippen LogP contribution < -0.4 is 24.8 Å². The standard InChI is InChI=1S/C19H26N2O7/c1-6-27-7-8-28-18(22)15-11(2)20-19(23)21-16(15)12-9-13(24-3)17(26-5)14(10-12)25-4/h9-10,16H,6-8H2,1-5H3,(H2,20,21,23). The van der Waals surface area contributed by atoms with Crippen LogP contribution in [-0.2, 0) is 14.3 Å². The number of esters is 1. The molecular weight excluding hydrogens is 368 g/mol. The summed E-state index contributed by atoms with van der Waals surface area (Å²) in [5.74, 6) is 0.678. The molecule has 0 bridgehead atoms. The number of hydrogen-bond donors (Lipinski definition) is 2. The van der Waals surface area contributed by atoms with Crippen molar-refractivity contribution in [1.82, 2.24) is 10.6 Å². The molecule has 0 fully saturated rings. The van der Waals surface area contributed by atoms with Gasteiger partial charge in [0.25, 0.3) is 0 Å². The fourth-order valence-corrected chi connectivity index (χ4v) is 2.90. The number of rotatable bonds is 9. The van der Waals surface area contributed by atoms with Crippen LogP contribution >= 0.6 is 0 Å². The molecule has 0 radical (unpaired) electrons. The number of amides is 2. The number of allylic oxidation sites excluding steroid dienone is 1. The highest BCUT2D eigenvalue weighted by atomic mass is 16.6. The van der Waals surface area contributed by atoms with Crippen LogP contribution in [0, 0.1) is 0 Å². The zero-order chi connectivity index (χ0) is 20.7. The highest BCUT2D eigenvalue weighted by Crippen LogP contribution is 2.41. The molecule has 1 atom stereocenters. The van der Waals surface area contributed by atoms with Crippen molar-refractivity contribution in [3.63, 3.8) is 0 Å². The average Bonchev–Trinajstić information content (AvgIpc) is 2.69. The summed E-state index contributed by atoms with van der Waals surface area (Å²) in [6.45, 7) is 4.44. The van der Waals surface area contributed by atoms with Crippen LogP contribution in [0.1, 0.15) is 25.5 Å². The van der Waals surface area contributed by atoms with Gasteiger partial charge >= 0.3 is 12.0 Å². The lowest BCUT2D eigenvalue weighted by Gasteiger charge is -2.29. The maximum atomic E-state index is 12.7. The SMILES string of the molecule is CCOCCOC(=O)C1=C(C)NC(=O)NC1c1cc(OC)c(OC)c(OC)c1. The first kappa shape index (κ1) is 21.4. The fraction of sp³-hybridized carbons (Fsp3) is 0.474. The summed E-state index contributed by atoms with van der Waals surface area (Å²) in [7, 11) is 4.48. The second kappa shape index (κ2) is 9.84. The Morgan fingerprint density at radius 2 is 1.71 bits per heavy atom. The summed E-state index contributed by atoms with van der Waals surface area (Å²) in [5, 5.41) is 5.35. The Bertz CT molecular complexity index is 736. The van der Waals surface area contributed by atoms with Gasteiger partial charge in [0.05, 0.1) is 39.6 Å². The molecule has 9 nitrogen and oxygen atoms in total. The van der Waals surface area contributed by atoms with Gasteiger partial charge in [0.15, 0.2) is 11.5 Å². The molecule has 1 aromatic carbocycles. The average molecular weight is 394 g/mol. The number of carbonyl (C=O) groups excluding carboxylic acids is 2. The van der Waals surface area contributed by atoms with E-state index < -0.39 is 18.0 Å². The van der Waals surface area contributed by atoms with E-state index in [0.717, 1.165) is 0 Å². The molecule has 0 spiro atoms. The number of benzene rings is 1. The first-order chi connectivity index (χ1) is 13.5. The Morgan fingerprint density at radius 3 is 2.25 bits per heavy atom. The summed E-state index contributed by atoms with van der Waals surface area (Å²) < 4.78 is 26.6. The van der Waals surface area contributed by atoms with E-state index in [-0.39, 0.29) is 12.2 Å². The Morgan fingerprint density at radius 1 is 1.07 bits per heavy atom. The van der Waals surface area contributed by atoms with E-state index in [4.69, 9.17) is 23.7 Å². The topological polar surface area (TPSA) is 104 Å². The van der Waals surface area contributed by atoms with Crippen LogP contribution in [0.15, 0.2) is 23.4 Å². The number of carbonyl (C=O) groups is 2. The van der Waals surface area contributed by atoms with Gasteiger partial charge in [0.2, 0.25) is 5.75 Å². The number of urea groups is 1. The minimum absolute atomic E-state index is 0.110. The van der Waals surface area contributed by atoms with E-state index >= 15 is 0 Å². The molecule has 1 heterocycles. The van der Waals surface area contributed by atoms with E-state index in [0.29, 0.717) is 41.7 Å². The quantitative estimate of drug-likeness (QED) is 0.487. The largest absolute Gasteiger partial charge is 0.493 e. The Labute approximate surface area is 163 Å². The molecule has 0 aliphatic carbocycles. The third-order valence-corrected chi connectivity index (χ3v) is 4.17. The highest BCUT2D eigenvalue weighted by molar-refractivity contribution is 5.95. The van der Waals surface area contributed by atoms with Crippen LogP contribution in [0.4, 0.5) is 4.79 Å². The normalized spacial score (nSPS) is 16.2. The smallest absolute Gasteiger partial charge is 0.338 e. The van der Waals surface area contributed by atoms with Gasteiger partial charge in [-0.1, -0.05) is 0 Å². The summed E-state index contributed by atoms with van der Waals surface area (Å²) in [6, 6.07) is 2.18. The molecule has 2 amide bonds. The van der Waals surface area contributed by atoms with E-state index in [1.807, 2.05) is 6.92 Å². The van der Waals surface area contributed by atoms with Crippen molar-refractivity contribution in [2.24, 2.45) is 0 Å². The van der Waals surface area contributed by atoms with Gasteiger partial charge in [-0.25, -0.2) is 9.59 Å². The molecule has 0 saturated carbocycles. The fourth-order valence-electron chi connectivity index (χ4n) is 2.90. The molecule has 0 saturated heterocycles. The molecule has 2 rings (SSSR count). The summed E-state index contributed by atoms with van der Waals surface area (Å²) in [6.07, 6.45) is 0. The van der Waals surface area contributed by atoms with Gasteiger partial charge < -0.3 is 34.3 Å². The van der Waals surface area contributed by atoms with Crippen LogP contribution in [0.3, 0.4) is 0 Å². The predicted molar refractivity (Wildman–Crippen MR) is 101 cm³/mol. The number of nitrogens with one attached hydrogen (secondary N) is 2. The zero-order valence-electron chi connectivity index (χ0n) is 16.7. The number of ether oxygens (including phenoxy) is 5. The third-order valence-electron chi connectivity index (χ3n) is 4.17. The lowest BCUT2D eigenvalue weighted by atomic mass is 9.95. The molecule has 0 aromatic heterocycles. The van der Waals surface area contributed by atoms with Crippen molar-refractivity contribution in [1.29, 1.82) is 0 Å². The van der Waals surface area contributed by atoms with Gasteiger partial charge in [0, 0.05) is 12.3 Å². The van der Waals surface area contributed by atoms with E-state index in [1.54, 1.807) is 19.1 Å². The third kappa shape index (κ3) is 4.66. The van der Waals surface area contributed by atoms with Crippen LogP contribution in [-0.4, -0.2) is 53.2 Å². The first-order valence-corrected chi connectivity index (χ1v) is 8.79. The van der Waals surface area contributed by atoms with Crippen LogP contribution in [0.5, 0.6) is 17.2 Å². The van der Waals surface area contributed by atoms with Crippen molar-refractivity contribution in [3.05, 3.63) is 29.0 Å². The summed E-state index contributed by atoms with van der Waals surface area (Å²) in [5.41, 5.74) is 1.27. The summed E-state index contributed by atoms with van der Waals surface area (Å²) in [4.78, 5) is 24.7. The summed E-state index contributed by atoms with van der Waals surface area (Å²) >= 11 is 0. The molecule has 1 aliphatic heterocycles. The maximum Gasteiger partial charge on any atom is 0.338 e. The van der Waals surface area contributed by atoms with Crippen molar-refractivity contribution >= 4 is 12.0 Å². The van der Waals surface area contributed by atoms with Gasteiger partial charge in [-0.2, -0.15) is 0 Å². The zero-order valence-corrected chi connectivity index (χ0v) is 16.7. The second-order valence-electron chi connectivity index (χ2n) is 5.86. The molecule has 9 heteroatoms. The van der Waals surface area contributed by atoms with Gasteiger partial charge in [-0.05, 0) is 31.5 Å². The lowest BCUT2D eigenvalue weighted by Crippen LogP contribution is -2.45. The molecule has 2 N–H and O–H groups in total. The molecule has 154 valence electrons. The Balaban J connectivity index is 2.41. The monoisotopic (exact) mass is 394 g/mol. The molecular formula is C19H26N2O7. The van der Waals surface area contributed by atoms with E-state index in [1.165, 1.54) is 21.3 Å². The van der Waals surface area contributed by atoms with Gasteiger partial charge in [-0.3, -0.25) is 0 Å². The Kier molecular flexibility index (Phi) is 7.51.